The number of para-hydroxylation sites is 1. The van der Waals surface area contributed by atoms with E-state index in [0.29, 0.717) is 17.8 Å². The number of anilines is 1. The zero-order chi connectivity index (χ0) is 23.5. The van der Waals surface area contributed by atoms with Gasteiger partial charge in [-0.05, 0) is 47.7 Å². The molecule has 0 saturated heterocycles. The van der Waals surface area contributed by atoms with Crippen LogP contribution in [0.4, 0.5) is 14.9 Å². The molecular formula is C28H24FN3OS. The zero-order valence-electron chi connectivity index (χ0n) is 18.7. The van der Waals surface area contributed by atoms with Crippen molar-refractivity contribution in [3.63, 3.8) is 0 Å². The van der Waals surface area contributed by atoms with Crippen molar-refractivity contribution in [1.29, 1.82) is 0 Å². The molecule has 0 aliphatic heterocycles. The molecule has 2 amide bonds. The van der Waals surface area contributed by atoms with Gasteiger partial charge in [-0.1, -0.05) is 60.7 Å². The molecule has 6 heteroatoms. The number of hydrogen-bond donors (Lipinski definition) is 2. The van der Waals surface area contributed by atoms with Crippen molar-refractivity contribution in [3.05, 3.63) is 113 Å². The van der Waals surface area contributed by atoms with Crippen LogP contribution in [0.2, 0.25) is 0 Å². The molecule has 170 valence electrons. The second kappa shape index (κ2) is 9.53. The molecule has 3 aromatic carbocycles. The van der Waals surface area contributed by atoms with Gasteiger partial charge in [0, 0.05) is 35.2 Å². The number of urea groups is 1. The van der Waals surface area contributed by atoms with Crippen molar-refractivity contribution in [1.82, 2.24) is 9.88 Å². The van der Waals surface area contributed by atoms with Crippen LogP contribution < -0.4 is 10.6 Å². The first-order valence-electron chi connectivity index (χ1n) is 11.1. The SMILES string of the molecule is Cc1ccc(NC(=O)NCc2c(-c3cccs3)n(Cc3ccccc3)c3ccccc23)cc1F. The van der Waals surface area contributed by atoms with Crippen molar-refractivity contribution in [2.75, 3.05) is 5.32 Å². The van der Waals surface area contributed by atoms with Gasteiger partial charge in [0.2, 0.25) is 0 Å². The van der Waals surface area contributed by atoms with Gasteiger partial charge >= 0.3 is 6.03 Å². The Balaban J connectivity index is 1.49. The minimum atomic E-state index is -0.375. The van der Waals surface area contributed by atoms with Crippen LogP contribution in [-0.2, 0) is 13.1 Å². The minimum Gasteiger partial charge on any atom is -0.335 e. The van der Waals surface area contributed by atoms with Crippen LogP contribution in [-0.4, -0.2) is 10.6 Å². The number of hydrogen-bond acceptors (Lipinski definition) is 2. The number of nitrogens with one attached hydrogen (secondary N) is 2. The van der Waals surface area contributed by atoms with Gasteiger partial charge in [-0.25, -0.2) is 9.18 Å². The molecule has 0 bridgehead atoms. The van der Waals surface area contributed by atoms with Crippen LogP contribution in [0.15, 0.2) is 90.3 Å². The number of aromatic nitrogens is 1. The smallest absolute Gasteiger partial charge is 0.319 e. The van der Waals surface area contributed by atoms with E-state index in [-0.39, 0.29) is 11.8 Å². The molecular weight excluding hydrogens is 445 g/mol. The molecule has 2 heterocycles. The van der Waals surface area contributed by atoms with Gasteiger partial charge in [-0.2, -0.15) is 0 Å². The molecule has 0 unspecified atom stereocenters. The molecule has 0 atom stereocenters. The first kappa shape index (κ1) is 21.9. The molecule has 4 nitrogen and oxygen atoms in total. The first-order chi connectivity index (χ1) is 16.6. The highest BCUT2D eigenvalue weighted by molar-refractivity contribution is 7.13. The Labute approximate surface area is 201 Å². The fourth-order valence-electron chi connectivity index (χ4n) is 4.19. The van der Waals surface area contributed by atoms with Crippen LogP contribution in [0, 0.1) is 12.7 Å². The molecule has 2 N–H and O–H groups in total. The van der Waals surface area contributed by atoms with Crippen LogP contribution >= 0.6 is 11.3 Å². The van der Waals surface area contributed by atoms with Gasteiger partial charge in [0.05, 0.1) is 10.6 Å². The number of aryl methyl sites for hydroxylation is 1. The predicted molar refractivity (Wildman–Crippen MR) is 138 cm³/mol. The number of carbonyl (C=O) groups is 1. The predicted octanol–water partition coefficient (Wildman–Crippen LogP) is 7.19. The zero-order valence-corrected chi connectivity index (χ0v) is 19.5. The topological polar surface area (TPSA) is 46.1 Å². The van der Waals surface area contributed by atoms with Crippen LogP contribution in [0.3, 0.4) is 0 Å². The van der Waals surface area contributed by atoms with Crippen molar-refractivity contribution in [2.24, 2.45) is 0 Å². The Kier molecular flexibility index (Phi) is 6.14. The Morgan fingerprint density at radius 1 is 0.971 bits per heavy atom. The van der Waals surface area contributed by atoms with Gasteiger partial charge in [-0.3, -0.25) is 0 Å². The monoisotopic (exact) mass is 469 g/mol. The molecule has 0 radical (unpaired) electrons. The molecule has 5 rings (SSSR count). The lowest BCUT2D eigenvalue weighted by molar-refractivity contribution is 0.252. The third kappa shape index (κ3) is 4.45. The molecule has 2 aromatic heterocycles. The number of fused-ring (bicyclic) bond motifs is 1. The Bertz CT molecular complexity index is 1440. The summed E-state index contributed by atoms with van der Waals surface area (Å²) in [6, 6.07) is 27.1. The maximum absolute atomic E-state index is 13.9. The van der Waals surface area contributed by atoms with E-state index >= 15 is 0 Å². The summed E-state index contributed by atoms with van der Waals surface area (Å²) in [7, 11) is 0. The molecule has 5 aromatic rings. The van der Waals surface area contributed by atoms with Gasteiger partial charge in [0.1, 0.15) is 5.82 Å². The second-order valence-corrected chi connectivity index (χ2v) is 9.11. The summed E-state index contributed by atoms with van der Waals surface area (Å²) >= 11 is 1.68. The fourth-order valence-corrected chi connectivity index (χ4v) is 5.00. The molecule has 34 heavy (non-hydrogen) atoms. The lowest BCUT2D eigenvalue weighted by Crippen LogP contribution is -2.28. The van der Waals surface area contributed by atoms with E-state index in [1.165, 1.54) is 11.6 Å². The van der Waals surface area contributed by atoms with E-state index in [2.05, 4.69) is 50.9 Å². The third-order valence-corrected chi connectivity index (χ3v) is 6.75. The Morgan fingerprint density at radius 2 is 1.76 bits per heavy atom. The van der Waals surface area contributed by atoms with Crippen molar-refractivity contribution in [2.45, 2.75) is 20.0 Å². The Morgan fingerprint density at radius 3 is 2.53 bits per heavy atom. The lowest BCUT2D eigenvalue weighted by atomic mass is 10.1. The highest BCUT2D eigenvalue weighted by Crippen LogP contribution is 2.36. The lowest BCUT2D eigenvalue weighted by Gasteiger charge is -2.13. The number of carbonyl (C=O) groups excluding carboxylic acids is 1. The maximum atomic E-state index is 13.9. The number of amides is 2. The van der Waals surface area contributed by atoms with Crippen LogP contribution in [0.25, 0.3) is 21.5 Å². The average Bonchev–Trinajstić information content (AvgIpc) is 3.47. The molecule has 0 aliphatic carbocycles. The molecule has 0 saturated carbocycles. The molecule has 0 fully saturated rings. The highest BCUT2D eigenvalue weighted by atomic mass is 32.1. The number of thiophene rings is 1. The summed E-state index contributed by atoms with van der Waals surface area (Å²) in [5.41, 5.74) is 5.44. The maximum Gasteiger partial charge on any atom is 0.319 e. The Hall–Kier alpha value is -3.90. The van der Waals surface area contributed by atoms with Gasteiger partial charge < -0.3 is 15.2 Å². The number of halogens is 1. The van der Waals surface area contributed by atoms with Gasteiger partial charge in [-0.15, -0.1) is 11.3 Å². The quantitative estimate of drug-likeness (QED) is 0.272. The van der Waals surface area contributed by atoms with Gasteiger partial charge in [0.25, 0.3) is 0 Å². The van der Waals surface area contributed by atoms with Crippen LogP contribution in [0.1, 0.15) is 16.7 Å². The van der Waals surface area contributed by atoms with Crippen molar-refractivity contribution < 1.29 is 9.18 Å². The summed E-state index contributed by atoms with van der Waals surface area (Å²) in [6.07, 6.45) is 0. The van der Waals surface area contributed by atoms with E-state index in [9.17, 15) is 9.18 Å². The summed E-state index contributed by atoms with van der Waals surface area (Å²) in [5.74, 6) is -0.346. The summed E-state index contributed by atoms with van der Waals surface area (Å²) in [6.45, 7) is 2.76. The summed E-state index contributed by atoms with van der Waals surface area (Å²) in [5, 5.41) is 8.87. The third-order valence-electron chi connectivity index (χ3n) is 5.87. The first-order valence-corrected chi connectivity index (χ1v) is 12.0. The number of benzene rings is 3. The molecule has 0 aliphatic rings. The minimum absolute atomic E-state index is 0.343. The van der Waals surface area contributed by atoms with Crippen LogP contribution in [0.5, 0.6) is 0 Å². The van der Waals surface area contributed by atoms with E-state index in [1.54, 1.807) is 30.4 Å². The highest BCUT2D eigenvalue weighted by Gasteiger charge is 2.20. The number of rotatable bonds is 6. The normalized spacial score (nSPS) is 11.0. The number of nitrogens with zero attached hydrogens (tertiary/aromatic N) is 1. The summed E-state index contributed by atoms with van der Waals surface area (Å²) in [4.78, 5) is 13.8. The van der Waals surface area contributed by atoms with Gasteiger partial charge in [0.15, 0.2) is 0 Å². The average molecular weight is 470 g/mol. The second-order valence-electron chi connectivity index (χ2n) is 8.16. The summed E-state index contributed by atoms with van der Waals surface area (Å²) < 4.78 is 16.2. The molecule has 0 spiro atoms. The van der Waals surface area contributed by atoms with Crippen molar-refractivity contribution in [3.8, 4) is 10.6 Å². The van der Waals surface area contributed by atoms with Crippen molar-refractivity contribution >= 4 is 34.0 Å². The van der Waals surface area contributed by atoms with E-state index in [0.717, 1.165) is 33.6 Å². The largest absolute Gasteiger partial charge is 0.335 e. The van der Waals surface area contributed by atoms with E-state index in [1.807, 2.05) is 36.4 Å². The van der Waals surface area contributed by atoms with E-state index < -0.39 is 0 Å². The standard InChI is InChI=1S/C28H24FN3OS/c1-19-13-14-21(16-24(19)29)31-28(33)30-17-23-22-10-5-6-11-25(22)32(18-20-8-3-2-4-9-20)27(23)26-12-7-15-34-26/h2-16H,17-18H2,1H3,(H2,30,31,33). The van der Waals surface area contributed by atoms with E-state index in [4.69, 9.17) is 0 Å². The fraction of sp³-hybridized carbons (Fsp3) is 0.107.